The van der Waals surface area contributed by atoms with Gasteiger partial charge in [-0.15, -0.1) is 0 Å². The van der Waals surface area contributed by atoms with Crippen LogP contribution in [0.25, 0.3) is 0 Å². The Morgan fingerprint density at radius 2 is 1.48 bits per heavy atom. The summed E-state index contributed by atoms with van der Waals surface area (Å²) >= 11 is 3.47. The van der Waals surface area contributed by atoms with Crippen molar-refractivity contribution in [2.75, 3.05) is 17.4 Å². The van der Waals surface area contributed by atoms with Gasteiger partial charge in [0, 0.05) is 24.0 Å². The average molecular weight is 705 g/mol. The smallest absolute Gasteiger partial charge is 0.264 e. The fraction of sp³-hybridized carbons (Fsp3) is 0.297. The predicted octanol–water partition coefficient (Wildman–Crippen LogP) is 7.13. The lowest BCUT2D eigenvalue weighted by Crippen LogP contribution is -2.53. The van der Waals surface area contributed by atoms with Crippen LogP contribution >= 0.6 is 15.9 Å². The quantitative estimate of drug-likeness (QED) is 0.142. The zero-order valence-electron chi connectivity index (χ0n) is 26.9. The van der Waals surface area contributed by atoms with Crippen molar-refractivity contribution in [3.05, 3.63) is 129 Å². The molecule has 242 valence electrons. The average Bonchev–Trinajstić information content (AvgIpc) is 3.03. The number of sulfonamides is 1. The van der Waals surface area contributed by atoms with E-state index in [2.05, 4.69) is 21.2 Å². The minimum absolute atomic E-state index is 0.0866. The molecule has 0 radical (unpaired) electrons. The van der Waals surface area contributed by atoms with Crippen LogP contribution in [0.15, 0.2) is 106 Å². The molecule has 1 atom stereocenters. The number of amides is 2. The molecule has 0 heterocycles. The number of anilines is 1. The molecule has 0 aliphatic heterocycles. The van der Waals surface area contributed by atoms with Crippen LogP contribution in [0.5, 0.6) is 0 Å². The number of aryl methyl sites for hydroxylation is 3. The lowest BCUT2D eigenvalue weighted by atomic mass is 10.0. The van der Waals surface area contributed by atoms with Crippen LogP contribution in [0.2, 0.25) is 0 Å². The van der Waals surface area contributed by atoms with Gasteiger partial charge in [-0.1, -0.05) is 107 Å². The normalized spacial score (nSPS) is 11.9. The van der Waals surface area contributed by atoms with Gasteiger partial charge in [0.25, 0.3) is 10.0 Å². The Hall–Kier alpha value is -3.95. The molecular formula is C37H42BrN3O4S. The largest absolute Gasteiger partial charge is 0.354 e. The number of benzene rings is 4. The van der Waals surface area contributed by atoms with Gasteiger partial charge in [0.1, 0.15) is 12.6 Å². The monoisotopic (exact) mass is 703 g/mol. The van der Waals surface area contributed by atoms with Gasteiger partial charge in [0.2, 0.25) is 11.8 Å². The summed E-state index contributed by atoms with van der Waals surface area (Å²) in [6.45, 7) is 7.83. The van der Waals surface area contributed by atoms with Gasteiger partial charge in [-0.05, 0) is 74.2 Å². The number of carbonyl (C=O) groups is 2. The van der Waals surface area contributed by atoms with Crippen molar-refractivity contribution < 1.29 is 18.0 Å². The second-order valence-corrected chi connectivity index (χ2v) is 14.4. The number of nitrogens with zero attached hydrogens (tertiary/aromatic N) is 2. The standard InChI is InChI=1S/C37H42BrN3O4S/c1-5-6-22-39-37(43)35(24-30-10-8-7-9-11-30)40(25-31-15-17-32(38)18-16-31)36(42)26-41(34-21-14-28(3)23-29(34)4)46(44,45)33-19-12-27(2)13-20-33/h7-21,23,35H,5-6,22,24-26H2,1-4H3,(H,39,43). The van der Waals surface area contributed by atoms with Gasteiger partial charge in [0.05, 0.1) is 10.6 Å². The molecule has 1 N–H and O–H groups in total. The van der Waals surface area contributed by atoms with Crippen molar-refractivity contribution in [1.82, 2.24) is 10.2 Å². The van der Waals surface area contributed by atoms with E-state index < -0.39 is 28.5 Å². The molecule has 0 aromatic heterocycles. The molecule has 9 heteroatoms. The Bertz CT molecular complexity index is 1730. The fourth-order valence-electron chi connectivity index (χ4n) is 5.28. The van der Waals surface area contributed by atoms with Crippen LogP contribution in [0, 0.1) is 20.8 Å². The molecule has 0 saturated carbocycles. The molecule has 7 nitrogen and oxygen atoms in total. The predicted molar refractivity (Wildman–Crippen MR) is 188 cm³/mol. The number of halogens is 1. The van der Waals surface area contributed by atoms with E-state index in [1.807, 2.05) is 94.4 Å². The number of unbranched alkanes of at least 4 members (excludes halogenated alkanes) is 1. The first kappa shape index (κ1) is 34.9. The summed E-state index contributed by atoms with van der Waals surface area (Å²) in [5, 5.41) is 3.02. The third-order valence-electron chi connectivity index (χ3n) is 7.88. The highest BCUT2D eigenvalue weighted by Crippen LogP contribution is 2.29. The highest BCUT2D eigenvalue weighted by Gasteiger charge is 2.35. The Kier molecular flexibility index (Phi) is 12.2. The molecule has 0 spiro atoms. The molecule has 0 aliphatic rings. The molecule has 4 rings (SSSR count). The number of hydrogen-bond acceptors (Lipinski definition) is 4. The van der Waals surface area contributed by atoms with Gasteiger partial charge >= 0.3 is 0 Å². The minimum Gasteiger partial charge on any atom is -0.354 e. The first-order chi connectivity index (χ1) is 22.0. The summed E-state index contributed by atoms with van der Waals surface area (Å²) in [6.07, 6.45) is 1.99. The first-order valence-corrected chi connectivity index (χ1v) is 17.7. The third kappa shape index (κ3) is 9.07. The Balaban J connectivity index is 1.81. The Labute approximate surface area is 281 Å². The molecule has 4 aromatic carbocycles. The van der Waals surface area contributed by atoms with Gasteiger partial charge in [-0.25, -0.2) is 8.42 Å². The first-order valence-electron chi connectivity index (χ1n) is 15.5. The van der Waals surface area contributed by atoms with E-state index >= 15 is 0 Å². The van der Waals surface area contributed by atoms with Crippen molar-refractivity contribution in [3.63, 3.8) is 0 Å². The van der Waals surface area contributed by atoms with Crippen molar-refractivity contribution >= 4 is 43.5 Å². The SMILES string of the molecule is CCCCNC(=O)C(Cc1ccccc1)N(Cc1ccc(Br)cc1)C(=O)CN(c1ccc(C)cc1C)S(=O)(=O)c1ccc(C)cc1. The Morgan fingerprint density at radius 1 is 0.826 bits per heavy atom. The number of carbonyl (C=O) groups excluding carboxylic acids is 2. The van der Waals surface area contributed by atoms with E-state index in [0.717, 1.165) is 45.1 Å². The zero-order chi connectivity index (χ0) is 33.3. The third-order valence-corrected chi connectivity index (χ3v) is 10.2. The Morgan fingerprint density at radius 3 is 2.11 bits per heavy atom. The summed E-state index contributed by atoms with van der Waals surface area (Å²) in [6, 6.07) is 28.3. The molecule has 46 heavy (non-hydrogen) atoms. The van der Waals surface area contributed by atoms with Gasteiger partial charge in [-0.3, -0.25) is 13.9 Å². The van der Waals surface area contributed by atoms with E-state index in [1.54, 1.807) is 30.3 Å². The van der Waals surface area contributed by atoms with Crippen molar-refractivity contribution in [3.8, 4) is 0 Å². The molecule has 0 bridgehead atoms. The van der Waals surface area contributed by atoms with Crippen LogP contribution in [0.3, 0.4) is 0 Å². The maximum absolute atomic E-state index is 14.6. The van der Waals surface area contributed by atoms with Crippen LogP contribution in [-0.4, -0.2) is 44.3 Å². The molecule has 2 amide bonds. The lowest BCUT2D eigenvalue weighted by molar-refractivity contribution is -0.140. The molecule has 0 aliphatic carbocycles. The van der Waals surface area contributed by atoms with Crippen LogP contribution < -0.4 is 9.62 Å². The van der Waals surface area contributed by atoms with Crippen LogP contribution in [0.1, 0.15) is 47.6 Å². The highest BCUT2D eigenvalue weighted by atomic mass is 79.9. The van der Waals surface area contributed by atoms with Crippen LogP contribution in [-0.2, 0) is 32.6 Å². The second kappa shape index (κ2) is 16.1. The van der Waals surface area contributed by atoms with Gasteiger partial charge in [-0.2, -0.15) is 0 Å². The maximum Gasteiger partial charge on any atom is 0.264 e. The molecule has 0 fully saturated rings. The topological polar surface area (TPSA) is 86.8 Å². The minimum atomic E-state index is -4.16. The van der Waals surface area contributed by atoms with Crippen molar-refractivity contribution in [2.24, 2.45) is 0 Å². The van der Waals surface area contributed by atoms with Crippen molar-refractivity contribution in [1.29, 1.82) is 0 Å². The molecular weight excluding hydrogens is 662 g/mol. The van der Waals surface area contributed by atoms with Gasteiger partial charge < -0.3 is 10.2 Å². The second-order valence-electron chi connectivity index (χ2n) is 11.6. The van der Waals surface area contributed by atoms with Crippen LogP contribution in [0.4, 0.5) is 5.69 Å². The zero-order valence-corrected chi connectivity index (χ0v) is 29.3. The highest BCUT2D eigenvalue weighted by molar-refractivity contribution is 9.10. The summed E-state index contributed by atoms with van der Waals surface area (Å²) in [5.74, 6) is -0.757. The van der Waals surface area contributed by atoms with E-state index in [0.29, 0.717) is 12.2 Å². The summed E-state index contributed by atoms with van der Waals surface area (Å²) in [5.41, 5.74) is 4.74. The van der Waals surface area contributed by atoms with Gasteiger partial charge in [0.15, 0.2) is 0 Å². The molecule has 1 unspecified atom stereocenters. The fourth-order valence-corrected chi connectivity index (χ4v) is 7.03. The number of rotatable bonds is 14. The molecule has 4 aromatic rings. The van der Waals surface area contributed by atoms with E-state index in [1.165, 1.54) is 9.21 Å². The molecule has 0 saturated heterocycles. The summed E-state index contributed by atoms with van der Waals surface area (Å²) < 4.78 is 30.6. The number of hydrogen-bond donors (Lipinski definition) is 1. The van der Waals surface area contributed by atoms with E-state index in [4.69, 9.17) is 0 Å². The summed E-state index contributed by atoms with van der Waals surface area (Å²) in [7, 11) is -4.16. The van der Waals surface area contributed by atoms with Crippen molar-refractivity contribution in [2.45, 2.75) is 64.4 Å². The summed E-state index contributed by atoms with van der Waals surface area (Å²) in [4.78, 5) is 30.1. The van der Waals surface area contributed by atoms with E-state index in [9.17, 15) is 18.0 Å². The lowest BCUT2D eigenvalue weighted by Gasteiger charge is -2.34. The number of nitrogens with one attached hydrogen (secondary N) is 1. The maximum atomic E-state index is 14.6. The van der Waals surface area contributed by atoms with E-state index in [-0.39, 0.29) is 23.8 Å².